The Hall–Kier alpha value is -1.28. The Morgan fingerprint density at radius 3 is 2.17 bits per heavy atom. The van der Waals surface area contributed by atoms with E-state index in [1.807, 2.05) is 43.2 Å². The highest BCUT2D eigenvalue weighted by atomic mass is 35.5. The number of nitrogens with zero attached hydrogens (tertiary/aromatic N) is 5. The van der Waals surface area contributed by atoms with Crippen LogP contribution in [0.5, 0.6) is 0 Å². The van der Waals surface area contributed by atoms with E-state index >= 15 is 0 Å². The molecule has 128 valence electrons. The molecule has 5 nitrogen and oxygen atoms in total. The summed E-state index contributed by atoms with van der Waals surface area (Å²) in [6, 6.07) is 2.08. The summed E-state index contributed by atoms with van der Waals surface area (Å²) in [5.41, 5.74) is 0. The van der Waals surface area contributed by atoms with Gasteiger partial charge in [-0.2, -0.15) is 5.10 Å². The predicted molar refractivity (Wildman–Crippen MR) is 99.8 cm³/mol. The lowest BCUT2D eigenvalue weighted by Gasteiger charge is -2.25. The third-order valence-corrected chi connectivity index (χ3v) is 5.79. The molecule has 0 aliphatic carbocycles. The normalized spacial score (nSPS) is 12.8. The quantitative estimate of drug-likeness (QED) is 0.555. The van der Waals surface area contributed by atoms with Gasteiger partial charge < -0.3 is 0 Å². The van der Waals surface area contributed by atoms with E-state index in [4.69, 9.17) is 11.6 Å². The Kier molecular flexibility index (Phi) is 5.99. The molecule has 1 unspecified atom stereocenters. The van der Waals surface area contributed by atoms with Crippen LogP contribution in [-0.4, -0.2) is 37.1 Å². The Labute approximate surface area is 154 Å². The zero-order valence-corrected chi connectivity index (χ0v) is 16.1. The minimum absolute atomic E-state index is 0.143. The second-order valence-corrected chi connectivity index (χ2v) is 8.60. The molecule has 0 aliphatic heterocycles. The molecule has 24 heavy (non-hydrogen) atoms. The molecule has 8 heteroatoms. The van der Waals surface area contributed by atoms with Crippen LogP contribution in [0.4, 0.5) is 0 Å². The van der Waals surface area contributed by atoms with E-state index in [1.54, 1.807) is 28.9 Å². The summed E-state index contributed by atoms with van der Waals surface area (Å²) in [4.78, 5) is 13.7. The lowest BCUT2D eigenvalue weighted by molar-refractivity contribution is 0.220. The van der Waals surface area contributed by atoms with E-state index in [0.717, 1.165) is 29.6 Å². The largest absolute Gasteiger partial charge is 0.291 e. The number of thiazole rings is 2. The fourth-order valence-electron chi connectivity index (χ4n) is 2.58. The van der Waals surface area contributed by atoms with Crippen LogP contribution in [0.2, 0.25) is 0 Å². The molecule has 1 atom stereocenters. The van der Waals surface area contributed by atoms with E-state index in [-0.39, 0.29) is 6.04 Å². The number of rotatable bonds is 8. The molecule has 0 aliphatic rings. The molecule has 3 rings (SSSR count). The number of halogens is 1. The van der Waals surface area contributed by atoms with Crippen LogP contribution in [0, 0.1) is 13.8 Å². The maximum absolute atomic E-state index is 6.21. The zero-order chi connectivity index (χ0) is 16.9. The Bertz CT molecular complexity index is 710. The van der Waals surface area contributed by atoms with Gasteiger partial charge in [-0.25, -0.2) is 9.97 Å². The van der Waals surface area contributed by atoms with Crippen LogP contribution in [0.3, 0.4) is 0 Å². The van der Waals surface area contributed by atoms with Crippen LogP contribution in [-0.2, 0) is 13.1 Å². The molecule has 0 aromatic carbocycles. The van der Waals surface area contributed by atoms with Crippen molar-refractivity contribution in [3.63, 3.8) is 0 Å². The molecular formula is C16H20ClN5S2. The lowest BCUT2D eigenvalue weighted by Crippen LogP contribution is -2.31. The van der Waals surface area contributed by atoms with E-state index in [2.05, 4.69) is 20.0 Å². The van der Waals surface area contributed by atoms with E-state index in [0.29, 0.717) is 5.88 Å². The highest BCUT2D eigenvalue weighted by Crippen LogP contribution is 2.21. The average molecular weight is 382 g/mol. The van der Waals surface area contributed by atoms with Gasteiger partial charge in [0, 0.05) is 60.1 Å². The molecule has 0 fully saturated rings. The van der Waals surface area contributed by atoms with E-state index in [9.17, 15) is 0 Å². The van der Waals surface area contributed by atoms with Gasteiger partial charge in [0.1, 0.15) is 0 Å². The lowest BCUT2D eigenvalue weighted by atomic mass is 10.3. The van der Waals surface area contributed by atoms with Crippen LogP contribution in [0.25, 0.3) is 0 Å². The van der Waals surface area contributed by atoms with E-state index in [1.165, 1.54) is 9.75 Å². The number of alkyl halides is 1. The Balaban J connectivity index is 1.75. The summed E-state index contributed by atoms with van der Waals surface area (Å²) in [7, 11) is 0. The SMILES string of the molecule is Cc1ncc(CN(Cc2cnc(C)s2)CC(CCl)n2cccn2)s1. The molecular weight excluding hydrogens is 362 g/mol. The van der Waals surface area contributed by atoms with Gasteiger partial charge in [-0.05, 0) is 19.9 Å². The van der Waals surface area contributed by atoms with Crippen molar-refractivity contribution in [3.8, 4) is 0 Å². The first-order valence-corrected chi connectivity index (χ1v) is 9.91. The molecule has 0 saturated heterocycles. The van der Waals surface area contributed by atoms with Crippen LogP contribution in [0.15, 0.2) is 30.9 Å². The number of aromatic nitrogens is 4. The number of aryl methyl sites for hydroxylation is 2. The van der Waals surface area contributed by atoms with Gasteiger partial charge in [-0.3, -0.25) is 9.58 Å². The van der Waals surface area contributed by atoms with Gasteiger partial charge in [0.25, 0.3) is 0 Å². The Morgan fingerprint density at radius 2 is 1.75 bits per heavy atom. The molecule has 0 amide bonds. The molecule has 3 heterocycles. The molecule has 3 aromatic heterocycles. The van der Waals surface area contributed by atoms with Gasteiger partial charge in [0.15, 0.2) is 0 Å². The van der Waals surface area contributed by atoms with Gasteiger partial charge in [-0.1, -0.05) is 0 Å². The monoisotopic (exact) mass is 381 g/mol. The minimum atomic E-state index is 0.143. The van der Waals surface area contributed by atoms with Crippen molar-refractivity contribution in [2.75, 3.05) is 12.4 Å². The van der Waals surface area contributed by atoms with Crippen molar-refractivity contribution in [3.05, 3.63) is 50.6 Å². The summed E-state index contributed by atoms with van der Waals surface area (Å²) in [5.74, 6) is 0.529. The first-order valence-electron chi connectivity index (χ1n) is 7.74. The molecule has 0 saturated carbocycles. The van der Waals surface area contributed by atoms with Crippen molar-refractivity contribution < 1.29 is 0 Å². The second-order valence-electron chi connectivity index (χ2n) is 5.66. The summed E-state index contributed by atoms with van der Waals surface area (Å²) < 4.78 is 1.94. The third-order valence-electron chi connectivity index (χ3n) is 3.64. The van der Waals surface area contributed by atoms with Crippen LogP contribution < -0.4 is 0 Å². The summed E-state index contributed by atoms with van der Waals surface area (Å²) in [5, 5.41) is 6.54. The van der Waals surface area contributed by atoms with Gasteiger partial charge in [-0.15, -0.1) is 34.3 Å². The molecule has 3 aromatic rings. The Morgan fingerprint density at radius 1 is 1.12 bits per heavy atom. The topological polar surface area (TPSA) is 46.8 Å². The van der Waals surface area contributed by atoms with Crippen molar-refractivity contribution >= 4 is 34.3 Å². The van der Waals surface area contributed by atoms with Crippen LogP contribution in [0.1, 0.15) is 25.8 Å². The van der Waals surface area contributed by atoms with Gasteiger partial charge >= 0.3 is 0 Å². The minimum Gasteiger partial charge on any atom is -0.291 e. The second kappa shape index (κ2) is 8.20. The van der Waals surface area contributed by atoms with Crippen LogP contribution >= 0.6 is 34.3 Å². The van der Waals surface area contributed by atoms with Gasteiger partial charge in [0.2, 0.25) is 0 Å². The number of hydrogen-bond acceptors (Lipinski definition) is 6. The number of hydrogen-bond donors (Lipinski definition) is 0. The highest BCUT2D eigenvalue weighted by Gasteiger charge is 2.18. The molecule has 0 radical (unpaired) electrons. The fourth-order valence-corrected chi connectivity index (χ4v) is 4.49. The fraction of sp³-hybridized carbons (Fsp3) is 0.438. The van der Waals surface area contributed by atoms with Gasteiger partial charge in [0.05, 0.1) is 16.1 Å². The molecule has 0 spiro atoms. The van der Waals surface area contributed by atoms with Crippen molar-refractivity contribution in [1.82, 2.24) is 24.6 Å². The van der Waals surface area contributed by atoms with Crippen molar-refractivity contribution in [2.24, 2.45) is 0 Å². The van der Waals surface area contributed by atoms with Crippen molar-refractivity contribution in [2.45, 2.75) is 33.0 Å². The molecule has 0 N–H and O–H groups in total. The van der Waals surface area contributed by atoms with Crippen molar-refractivity contribution in [1.29, 1.82) is 0 Å². The first kappa shape index (κ1) is 17.5. The maximum atomic E-state index is 6.21. The standard InChI is InChI=1S/C16H20ClN5S2/c1-12-18-7-15(23-12)10-21(11-16-8-19-13(2)24-16)9-14(6-17)22-5-3-4-20-22/h3-5,7-8,14H,6,9-11H2,1-2H3. The summed E-state index contributed by atoms with van der Waals surface area (Å²) in [6.07, 6.45) is 7.70. The maximum Gasteiger partial charge on any atom is 0.0897 e. The first-order chi connectivity index (χ1) is 11.6. The smallest absolute Gasteiger partial charge is 0.0897 e. The summed E-state index contributed by atoms with van der Waals surface area (Å²) >= 11 is 9.70. The highest BCUT2D eigenvalue weighted by molar-refractivity contribution is 7.11. The van der Waals surface area contributed by atoms with E-state index < -0.39 is 0 Å². The predicted octanol–water partition coefficient (Wildman–Crippen LogP) is 3.90. The zero-order valence-electron chi connectivity index (χ0n) is 13.7. The third kappa shape index (κ3) is 4.63. The molecule has 0 bridgehead atoms. The average Bonchev–Trinajstić information content (AvgIpc) is 3.28. The summed E-state index contributed by atoms with van der Waals surface area (Å²) in [6.45, 7) is 6.63.